The molecule has 0 aliphatic carbocycles. The number of nitrogen functional groups attached to an aromatic ring is 1. The van der Waals surface area contributed by atoms with Gasteiger partial charge in [0.05, 0.1) is 20.6 Å². The number of aryl methyl sites for hydroxylation is 1. The molecule has 0 aliphatic rings. The molecule has 2 nitrogen and oxygen atoms in total. The summed E-state index contributed by atoms with van der Waals surface area (Å²) in [5.41, 5.74) is 7.87. The van der Waals surface area contributed by atoms with Crippen LogP contribution in [0.25, 0.3) is 0 Å². The molecule has 94 valence electrons. The molecular weight excluding hydrogens is 289 g/mol. The highest BCUT2D eigenvalue weighted by Gasteiger charge is 2.19. The van der Waals surface area contributed by atoms with Crippen molar-refractivity contribution in [1.82, 2.24) is 0 Å². The van der Waals surface area contributed by atoms with E-state index in [-0.39, 0.29) is 5.78 Å². The van der Waals surface area contributed by atoms with Gasteiger partial charge in [-0.1, -0.05) is 23.2 Å². The number of rotatable bonds is 2. The van der Waals surface area contributed by atoms with Gasteiger partial charge in [-0.25, -0.2) is 0 Å². The Morgan fingerprint density at radius 3 is 2.39 bits per heavy atom. The molecule has 5 heteroatoms. The first kappa shape index (κ1) is 13.4. The number of carbonyl (C=O) groups is 1. The number of thiophene rings is 1. The van der Waals surface area contributed by atoms with E-state index >= 15 is 0 Å². The Labute approximate surface area is 119 Å². The van der Waals surface area contributed by atoms with Crippen molar-refractivity contribution in [3.63, 3.8) is 0 Å². The molecule has 0 fully saturated rings. The molecule has 1 aromatic heterocycles. The maximum atomic E-state index is 12.4. The number of hydrogen-bond acceptors (Lipinski definition) is 3. The Bertz CT molecular complexity index is 634. The van der Waals surface area contributed by atoms with Gasteiger partial charge in [-0.3, -0.25) is 4.79 Å². The smallest absolute Gasteiger partial charge is 0.196 e. The number of hydrogen-bond donors (Lipinski definition) is 1. The molecule has 0 bridgehead atoms. The minimum absolute atomic E-state index is 0.118. The summed E-state index contributed by atoms with van der Waals surface area (Å²) in [6.45, 7) is 3.84. The second-order valence-corrected chi connectivity index (χ2v) is 6.05. The minimum Gasteiger partial charge on any atom is -0.390 e. The number of halogens is 2. The van der Waals surface area contributed by atoms with Gasteiger partial charge in [0.15, 0.2) is 5.78 Å². The fourth-order valence-electron chi connectivity index (χ4n) is 1.72. The van der Waals surface area contributed by atoms with Crippen LogP contribution in [0, 0.1) is 13.8 Å². The average molecular weight is 300 g/mol. The third kappa shape index (κ3) is 2.26. The average Bonchev–Trinajstić information content (AvgIpc) is 2.56. The normalized spacial score (nSPS) is 10.7. The molecule has 2 N–H and O–H groups in total. The lowest BCUT2D eigenvalue weighted by atomic mass is 10.0. The summed E-state index contributed by atoms with van der Waals surface area (Å²) < 4.78 is 0. The van der Waals surface area contributed by atoms with E-state index in [1.165, 1.54) is 11.3 Å². The van der Waals surface area contributed by atoms with Crippen molar-refractivity contribution in [1.29, 1.82) is 0 Å². The molecule has 0 saturated heterocycles. The Hall–Kier alpha value is -1.03. The van der Waals surface area contributed by atoms with Gasteiger partial charge >= 0.3 is 0 Å². The zero-order valence-corrected chi connectivity index (χ0v) is 12.2. The number of benzene rings is 1. The summed E-state index contributed by atoms with van der Waals surface area (Å²) >= 11 is 13.2. The predicted octanol–water partition coefficient (Wildman–Crippen LogP) is 4.48. The van der Waals surface area contributed by atoms with Crippen LogP contribution in [0.1, 0.15) is 26.4 Å². The van der Waals surface area contributed by atoms with Crippen molar-refractivity contribution in [2.75, 3.05) is 5.73 Å². The molecule has 1 heterocycles. The SMILES string of the molecule is Cc1sc(N)c(C(=O)c2ccc(Cl)c(Cl)c2)c1C. The summed E-state index contributed by atoms with van der Waals surface area (Å²) in [6, 6.07) is 4.84. The van der Waals surface area contributed by atoms with Gasteiger partial charge in [-0.2, -0.15) is 0 Å². The highest BCUT2D eigenvalue weighted by atomic mass is 35.5. The zero-order valence-electron chi connectivity index (χ0n) is 9.88. The van der Waals surface area contributed by atoms with E-state index in [1.54, 1.807) is 18.2 Å². The molecule has 0 unspecified atom stereocenters. The summed E-state index contributed by atoms with van der Waals surface area (Å²) in [6.07, 6.45) is 0. The van der Waals surface area contributed by atoms with E-state index in [1.807, 2.05) is 13.8 Å². The molecule has 2 aromatic rings. The van der Waals surface area contributed by atoms with E-state index in [4.69, 9.17) is 28.9 Å². The standard InChI is InChI=1S/C13H11Cl2NOS/c1-6-7(2)18-13(16)11(6)12(17)8-3-4-9(14)10(15)5-8/h3-5H,16H2,1-2H3. The van der Waals surface area contributed by atoms with Crippen molar-refractivity contribution < 1.29 is 4.79 Å². The summed E-state index contributed by atoms with van der Waals surface area (Å²) in [4.78, 5) is 13.4. The number of anilines is 1. The largest absolute Gasteiger partial charge is 0.390 e. The van der Waals surface area contributed by atoms with Gasteiger partial charge in [0.1, 0.15) is 0 Å². The summed E-state index contributed by atoms with van der Waals surface area (Å²) in [5.74, 6) is -0.118. The molecule has 0 aliphatic heterocycles. The van der Waals surface area contributed by atoms with Crippen molar-refractivity contribution in [3.05, 3.63) is 49.8 Å². The Morgan fingerprint density at radius 2 is 1.89 bits per heavy atom. The van der Waals surface area contributed by atoms with Crippen molar-refractivity contribution in [2.24, 2.45) is 0 Å². The molecule has 0 saturated carbocycles. The molecule has 0 spiro atoms. The van der Waals surface area contributed by atoms with Crippen LogP contribution in [0.3, 0.4) is 0 Å². The minimum atomic E-state index is -0.118. The number of nitrogens with two attached hydrogens (primary N) is 1. The molecule has 0 atom stereocenters. The van der Waals surface area contributed by atoms with Crippen LogP contribution in [-0.2, 0) is 0 Å². The van der Waals surface area contributed by atoms with Crippen LogP contribution in [0.5, 0.6) is 0 Å². The van der Waals surface area contributed by atoms with Crippen molar-refractivity contribution in [2.45, 2.75) is 13.8 Å². The van der Waals surface area contributed by atoms with E-state index in [0.29, 0.717) is 26.2 Å². The fourth-order valence-corrected chi connectivity index (χ4v) is 2.95. The molecule has 0 amide bonds. The number of carbonyl (C=O) groups excluding carboxylic acids is 1. The predicted molar refractivity (Wildman–Crippen MR) is 78.1 cm³/mol. The molecular formula is C13H11Cl2NOS. The van der Waals surface area contributed by atoms with E-state index in [0.717, 1.165) is 10.4 Å². The third-order valence-electron chi connectivity index (χ3n) is 2.82. The zero-order chi connectivity index (χ0) is 13.4. The van der Waals surface area contributed by atoms with Gasteiger partial charge < -0.3 is 5.73 Å². The van der Waals surface area contributed by atoms with Crippen LogP contribution in [0.15, 0.2) is 18.2 Å². The first-order valence-electron chi connectivity index (χ1n) is 5.27. The Morgan fingerprint density at radius 1 is 1.22 bits per heavy atom. The highest BCUT2D eigenvalue weighted by Crippen LogP contribution is 2.32. The van der Waals surface area contributed by atoms with Gasteiger partial charge in [0.2, 0.25) is 0 Å². The number of ketones is 1. The van der Waals surface area contributed by atoms with E-state index < -0.39 is 0 Å². The van der Waals surface area contributed by atoms with Crippen LogP contribution < -0.4 is 5.73 Å². The van der Waals surface area contributed by atoms with Crippen molar-refractivity contribution in [3.8, 4) is 0 Å². The van der Waals surface area contributed by atoms with Crippen LogP contribution in [-0.4, -0.2) is 5.78 Å². The lowest BCUT2D eigenvalue weighted by Crippen LogP contribution is -2.04. The van der Waals surface area contributed by atoms with Crippen LogP contribution >= 0.6 is 34.5 Å². The first-order valence-corrected chi connectivity index (χ1v) is 6.84. The highest BCUT2D eigenvalue weighted by molar-refractivity contribution is 7.16. The Balaban J connectivity index is 2.51. The van der Waals surface area contributed by atoms with E-state index in [9.17, 15) is 4.79 Å². The van der Waals surface area contributed by atoms with Gasteiger partial charge in [0, 0.05) is 10.4 Å². The quantitative estimate of drug-likeness (QED) is 0.831. The second kappa shape index (κ2) is 4.92. The summed E-state index contributed by atoms with van der Waals surface area (Å²) in [5, 5.41) is 1.34. The topological polar surface area (TPSA) is 43.1 Å². The third-order valence-corrected chi connectivity index (χ3v) is 4.60. The maximum absolute atomic E-state index is 12.4. The molecule has 18 heavy (non-hydrogen) atoms. The molecule has 1 aromatic carbocycles. The second-order valence-electron chi connectivity index (χ2n) is 3.98. The Kier molecular flexibility index (Phi) is 3.66. The monoisotopic (exact) mass is 299 g/mol. The van der Waals surface area contributed by atoms with E-state index in [2.05, 4.69) is 0 Å². The van der Waals surface area contributed by atoms with Gasteiger partial charge in [-0.15, -0.1) is 11.3 Å². The molecule has 2 rings (SSSR count). The van der Waals surface area contributed by atoms with Gasteiger partial charge in [0.25, 0.3) is 0 Å². The van der Waals surface area contributed by atoms with Gasteiger partial charge in [-0.05, 0) is 37.6 Å². The summed E-state index contributed by atoms with van der Waals surface area (Å²) in [7, 11) is 0. The lowest BCUT2D eigenvalue weighted by molar-refractivity contribution is 0.103. The fraction of sp³-hybridized carbons (Fsp3) is 0.154. The molecule has 0 radical (unpaired) electrons. The first-order chi connectivity index (χ1) is 8.41. The van der Waals surface area contributed by atoms with Crippen molar-refractivity contribution >= 4 is 45.3 Å². The lowest BCUT2D eigenvalue weighted by Gasteiger charge is -2.04. The van der Waals surface area contributed by atoms with Crippen LogP contribution in [0.2, 0.25) is 10.0 Å². The van der Waals surface area contributed by atoms with Crippen LogP contribution in [0.4, 0.5) is 5.00 Å². The maximum Gasteiger partial charge on any atom is 0.196 e.